The lowest BCUT2D eigenvalue weighted by Gasteiger charge is -2.27. The number of nitrogens with zero attached hydrogens (tertiary/aromatic N) is 1. The Morgan fingerprint density at radius 3 is 2.85 bits per heavy atom. The maximum absolute atomic E-state index is 10.3. The molecule has 1 saturated heterocycles. The third kappa shape index (κ3) is 3.40. The monoisotopic (exact) mass is 185 g/mol. The van der Waals surface area contributed by atoms with Crippen molar-refractivity contribution in [3.63, 3.8) is 0 Å². The zero-order chi connectivity index (χ0) is 9.68. The summed E-state index contributed by atoms with van der Waals surface area (Å²) in [5.74, 6) is -0.886. The Bertz CT molecular complexity index is 223. The lowest BCUT2D eigenvalue weighted by Crippen LogP contribution is -2.32. The van der Waals surface area contributed by atoms with Gasteiger partial charge in [0.15, 0.2) is 0 Å². The van der Waals surface area contributed by atoms with Gasteiger partial charge < -0.3 is 14.6 Å². The Labute approximate surface area is 75.9 Å². The van der Waals surface area contributed by atoms with E-state index < -0.39 is 5.97 Å². The highest BCUT2D eigenvalue weighted by atomic mass is 16.7. The summed E-state index contributed by atoms with van der Waals surface area (Å²) in [6, 6.07) is 1.98. The summed E-state index contributed by atoms with van der Waals surface area (Å²) in [5, 5.41) is 16.9. The Hall–Kier alpha value is -1.12. The molecule has 5 nitrogen and oxygen atoms in total. The van der Waals surface area contributed by atoms with E-state index in [1.807, 2.05) is 6.07 Å². The summed E-state index contributed by atoms with van der Waals surface area (Å²) >= 11 is 0. The number of carboxylic acid groups (broad SMARTS) is 1. The summed E-state index contributed by atoms with van der Waals surface area (Å²) in [4.78, 5) is 10.3. The number of carboxylic acids is 1. The van der Waals surface area contributed by atoms with Gasteiger partial charge in [0.1, 0.15) is 6.79 Å². The van der Waals surface area contributed by atoms with Crippen molar-refractivity contribution in [1.29, 1.82) is 5.26 Å². The van der Waals surface area contributed by atoms with Gasteiger partial charge in [-0.2, -0.15) is 5.26 Å². The molecule has 13 heavy (non-hydrogen) atoms. The Kier molecular flexibility index (Phi) is 3.68. The maximum atomic E-state index is 10.3. The molecule has 0 bridgehead atoms. The lowest BCUT2D eigenvalue weighted by atomic mass is 10.1. The molecule has 72 valence electrons. The average molecular weight is 185 g/mol. The van der Waals surface area contributed by atoms with Crippen LogP contribution >= 0.6 is 0 Å². The van der Waals surface area contributed by atoms with Crippen LogP contribution in [0.5, 0.6) is 0 Å². The third-order valence-electron chi connectivity index (χ3n) is 1.85. The molecule has 2 atom stereocenters. The van der Waals surface area contributed by atoms with E-state index in [-0.39, 0.29) is 25.4 Å². The SMILES string of the molecule is N#CCC1CC(CC(=O)O)OCO1. The number of ether oxygens (including phenoxy) is 2. The van der Waals surface area contributed by atoms with Gasteiger partial charge in [0.05, 0.1) is 31.1 Å². The first-order chi connectivity index (χ1) is 6.22. The molecule has 1 heterocycles. The molecule has 1 fully saturated rings. The van der Waals surface area contributed by atoms with Crippen molar-refractivity contribution in [3.8, 4) is 6.07 Å². The predicted molar refractivity (Wildman–Crippen MR) is 41.7 cm³/mol. The smallest absolute Gasteiger partial charge is 0.305 e. The van der Waals surface area contributed by atoms with Gasteiger partial charge in [-0.3, -0.25) is 4.79 Å². The van der Waals surface area contributed by atoms with Crippen LogP contribution in [-0.2, 0) is 14.3 Å². The molecule has 5 heteroatoms. The fraction of sp³-hybridized carbons (Fsp3) is 0.750. The first-order valence-electron chi connectivity index (χ1n) is 4.04. The molecular formula is C8H11NO4. The number of hydrogen-bond donors (Lipinski definition) is 1. The Balaban J connectivity index is 2.33. The third-order valence-corrected chi connectivity index (χ3v) is 1.85. The van der Waals surface area contributed by atoms with Gasteiger partial charge in [-0.1, -0.05) is 0 Å². The van der Waals surface area contributed by atoms with Gasteiger partial charge in [-0.25, -0.2) is 0 Å². The summed E-state index contributed by atoms with van der Waals surface area (Å²) in [7, 11) is 0. The van der Waals surface area contributed by atoms with Crippen LogP contribution in [0.25, 0.3) is 0 Å². The van der Waals surface area contributed by atoms with Crippen molar-refractivity contribution in [1.82, 2.24) is 0 Å². The van der Waals surface area contributed by atoms with E-state index in [9.17, 15) is 4.79 Å². The van der Waals surface area contributed by atoms with Gasteiger partial charge in [0.25, 0.3) is 0 Å². The average Bonchev–Trinajstić information content (AvgIpc) is 2.04. The Morgan fingerprint density at radius 1 is 1.54 bits per heavy atom. The second kappa shape index (κ2) is 4.80. The number of aliphatic carboxylic acids is 1. The zero-order valence-electron chi connectivity index (χ0n) is 7.10. The van der Waals surface area contributed by atoms with Crippen molar-refractivity contribution in [2.24, 2.45) is 0 Å². The van der Waals surface area contributed by atoms with E-state index in [4.69, 9.17) is 19.8 Å². The molecule has 1 aliphatic heterocycles. The van der Waals surface area contributed by atoms with Crippen molar-refractivity contribution in [3.05, 3.63) is 0 Å². The molecule has 0 aromatic heterocycles. The van der Waals surface area contributed by atoms with Crippen molar-refractivity contribution in [2.75, 3.05) is 6.79 Å². The number of rotatable bonds is 3. The van der Waals surface area contributed by atoms with E-state index in [0.717, 1.165) is 0 Å². The van der Waals surface area contributed by atoms with E-state index in [1.165, 1.54) is 0 Å². The van der Waals surface area contributed by atoms with Crippen LogP contribution in [0.4, 0.5) is 0 Å². The normalized spacial score (nSPS) is 27.9. The first kappa shape index (κ1) is 9.96. The molecule has 0 aromatic rings. The van der Waals surface area contributed by atoms with E-state index in [2.05, 4.69) is 0 Å². The number of hydrogen-bond acceptors (Lipinski definition) is 4. The molecule has 0 aromatic carbocycles. The summed E-state index contributed by atoms with van der Waals surface area (Å²) in [6.45, 7) is 0.0876. The minimum absolute atomic E-state index is 0.0225. The predicted octanol–water partition coefficient (Wildman–Crippen LogP) is 0.506. The number of carbonyl (C=O) groups is 1. The van der Waals surface area contributed by atoms with Gasteiger partial charge >= 0.3 is 5.97 Å². The highest BCUT2D eigenvalue weighted by Crippen LogP contribution is 2.17. The van der Waals surface area contributed by atoms with Crippen molar-refractivity contribution < 1.29 is 19.4 Å². The Morgan fingerprint density at radius 2 is 2.23 bits per heavy atom. The van der Waals surface area contributed by atoms with Crippen LogP contribution in [0, 0.1) is 11.3 Å². The molecule has 0 amide bonds. The maximum Gasteiger partial charge on any atom is 0.305 e. The van der Waals surface area contributed by atoms with Gasteiger partial charge in [-0.15, -0.1) is 0 Å². The van der Waals surface area contributed by atoms with E-state index in [0.29, 0.717) is 12.8 Å². The highest BCUT2D eigenvalue weighted by Gasteiger charge is 2.24. The van der Waals surface area contributed by atoms with Crippen LogP contribution in [0.1, 0.15) is 19.3 Å². The van der Waals surface area contributed by atoms with Gasteiger partial charge in [0.2, 0.25) is 0 Å². The molecule has 0 aliphatic carbocycles. The van der Waals surface area contributed by atoms with Crippen LogP contribution in [0.3, 0.4) is 0 Å². The summed E-state index contributed by atoms with van der Waals surface area (Å²) in [6.07, 6.45) is 0.262. The fourth-order valence-corrected chi connectivity index (χ4v) is 1.24. The van der Waals surface area contributed by atoms with Gasteiger partial charge in [-0.05, 0) is 0 Å². The molecule has 1 N–H and O–H groups in total. The molecular weight excluding hydrogens is 174 g/mol. The fourth-order valence-electron chi connectivity index (χ4n) is 1.24. The quantitative estimate of drug-likeness (QED) is 0.692. The topological polar surface area (TPSA) is 79.6 Å². The molecule has 1 aliphatic rings. The highest BCUT2D eigenvalue weighted by molar-refractivity contribution is 5.67. The second-order valence-corrected chi connectivity index (χ2v) is 2.89. The molecule has 0 spiro atoms. The summed E-state index contributed by atoms with van der Waals surface area (Å²) in [5.41, 5.74) is 0. The lowest BCUT2D eigenvalue weighted by molar-refractivity contribution is -0.180. The summed E-state index contributed by atoms with van der Waals surface area (Å²) < 4.78 is 10.1. The van der Waals surface area contributed by atoms with Crippen LogP contribution < -0.4 is 0 Å². The second-order valence-electron chi connectivity index (χ2n) is 2.89. The molecule has 1 rings (SSSR count). The van der Waals surface area contributed by atoms with Gasteiger partial charge in [0, 0.05) is 6.42 Å². The van der Waals surface area contributed by atoms with E-state index in [1.54, 1.807) is 0 Å². The molecule has 2 unspecified atom stereocenters. The minimum atomic E-state index is -0.886. The van der Waals surface area contributed by atoms with Crippen LogP contribution in [0.15, 0.2) is 0 Å². The number of nitriles is 1. The molecule has 0 radical (unpaired) electrons. The van der Waals surface area contributed by atoms with E-state index >= 15 is 0 Å². The molecule has 0 saturated carbocycles. The van der Waals surface area contributed by atoms with Crippen molar-refractivity contribution in [2.45, 2.75) is 31.5 Å². The minimum Gasteiger partial charge on any atom is -0.481 e. The largest absolute Gasteiger partial charge is 0.481 e. The van der Waals surface area contributed by atoms with Crippen LogP contribution in [0.2, 0.25) is 0 Å². The standard InChI is InChI=1S/C8H11NO4/c9-2-1-6-3-7(4-8(10)11)13-5-12-6/h6-7H,1,3-5H2,(H,10,11). The van der Waals surface area contributed by atoms with Crippen LogP contribution in [-0.4, -0.2) is 30.1 Å². The van der Waals surface area contributed by atoms with Crippen molar-refractivity contribution >= 4 is 5.97 Å². The zero-order valence-corrected chi connectivity index (χ0v) is 7.10. The first-order valence-corrected chi connectivity index (χ1v) is 4.04.